The highest BCUT2D eigenvalue weighted by Gasteiger charge is 2.50. The van der Waals surface area contributed by atoms with Crippen molar-refractivity contribution in [3.05, 3.63) is 35.6 Å². The van der Waals surface area contributed by atoms with Gasteiger partial charge in [-0.25, -0.2) is 0 Å². The van der Waals surface area contributed by atoms with E-state index in [1.54, 1.807) is 0 Å². The zero-order chi connectivity index (χ0) is 13.8. The molecule has 0 spiro atoms. The van der Waals surface area contributed by atoms with Gasteiger partial charge in [0, 0.05) is 5.39 Å². The normalized spacial score (nSPS) is 30.1. The summed E-state index contributed by atoms with van der Waals surface area (Å²) in [5, 5.41) is 12.1. The lowest BCUT2D eigenvalue weighted by Crippen LogP contribution is -2.28. The van der Waals surface area contributed by atoms with E-state index >= 15 is 0 Å². The van der Waals surface area contributed by atoms with Gasteiger partial charge in [-0.2, -0.15) is 0 Å². The van der Waals surface area contributed by atoms with Crippen LogP contribution in [0.5, 0.6) is 0 Å². The van der Waals surface area contributed by atoms with Gasteiger partial charge in [0.2, 0.25) is 0 Å². The van der Waals surface area contributed by atoms with Crippen LogP contribution in [-0.2, 0) is 5.60 Å². The molecule has 0 amide bonds. The molecule has 0 radical (unpaired) electrons. The Morgan fingerprint density at radius 2 is 2.05 bits per heavy atom. The van der Waals surface area contributed by atoms with Crippen LogP contribution in [0.3, 0.4) is 0 Å². The van der Waals surface area contributed by atoms with E-state index in [1.165, 1.54) is 0 Å². The highest BCUT2D eigenvalue weighted by atomic mass is 16.4. The predicted molar refractivity (Wildman–Crippen MR) is 77.0 cm³/mol. The molecule has 1 N–H and O–H groups in total. The molecule has 2 unspecified atom stereocenters. The molecule has 102 valence electrons. The summed E-state index contributed by atoms with van der Waals surface area (Å²) in [6, 6.07) is 8.13. The van der Waals surface area contributed by atoms with E-state index in [2.05, 4.69) is 20.8 Å². The van der Waals surface area contributed by atoms with Gasteiger partial charge in [0.25, 0.3) is 0 Å². The Kier molecular flexibility index (Phi) is 2.59. The number of benzene rings is 1. The van der Waals surface area contributed by atoms with Crippen LogP contribution in [-0.4, -0.2) is 5.11 Å². The minimum absolute atomic E-state index is 0.169. The fraction of sp³-hybridized carbons (Fsp3) is 0.529. The number of aliphatic hydroxyl groups is 1. The van der Waals surface area contributed by atoms with Gasteiger partial charge in [-0.15, -0.1) is 0 Å². The fourth-order valence-electron chi connectivity index (χ4n) is 3.73. The number of para-hydroxylation sites is 1. The summed E-state index contributed by atoms with van der Waals surface area (Å²) in [5.41, 5.74) is 1.37. The Morgan fingerprint density at radius 3 is 2.63 bits per heavy atom. The molecule has 0 bridgehead atoms. The van der Waals surface area contributed by atoms with E-state index in [-0.39, 0.29) is 11.3 Å². The van der Waals surface area contributed by atoms with Gasteiger partial charge in [0.15, 0.2) is 0 Å². The van der Waals surface area contributed by atoms with Crippen molar-refractivity contribution >= 4 is 11.0 Å². The monoisotopic (exact) mass is 258 g/mol. The average Bonchev–Trinajstić information content (AvgIpc) is 2.80. The molecule has 2 aromatic rings. The number of fused-ring (bicyclic) bond motifs is 1. The zero-order valence-electron chi connectivity index (χ0n) is 12.2. The van der Waals surface area contributed by atoms with Crippen LogP contribution in [0.25, 0.3) is 11.0 Å². The van der Waals surface area contributed by atoms with Gasteiger partial charge >= 0.3 is 0 Å². The van der Waals surface area contributed by atoms with Crippen molar-refractivity contribution in [3.63, 3.8) is 0 Å². The van der Waals surface area contributed by atoms with E-state index in [4.69, 9.17) is 4.42 Å². The standard InChI is InChI=1S/C17H22O2/c1-11-6-5-7-13-8-14(19-15(11)13)17(18)10-16(3,4)9-12(17)2/h5-8,12,18H,9-10H2,1-4H3. The first kappa shape index (κ1) is 12.7. The van der Waals surface area contributed by atoms with E-state index in [9.17, 15) is 5.11 Å². The van der Waals surface area contributed by atoms with Gasteiger partial charge in [0.05, 0.1) is 0 Å². The van der Waals surface area contributed by atoms with Crippen molar-refractivity contribution in [2.45, 2.75) is 46.1 Å². The number of hydrogen-bond donors (Lipinski definition) is 1. The van der Waals surface area contributed by atoms with Gasteiger partial charge in [-0.1, -0.05) is 39.0 Å². The molecule has 1 aromatic heterocycles. The first-order chi connectivity index (χ1) is 8.82. The van der Waals surface area contributed by atoms with Crippen LogP contribution in [0.1, 0.15) is 44.9 Å². The zero-order valence-corrected chi connectivity index (χ0v) is 12.2. The van der Waals surface area contributed by atoms with Crippen LogP contribution in [0.15, 0.2) is 28.7 Å². The van der Waals surface area contributed by atoms with Crippen molar-refractivity contribution < 1.29 is 9.52 Å². The Bertz CT molecular complexity index is 623. The molecule has 0 saturated heterocycles. The quantitative estimate of drug-likeness (QED) is 0.823. The van der Waals surface area contributed by atoms with Crippen molar-refractivity contribution in [1.82, 2.24) is 0 Å². The van der Waals surface area contributed by atoms with E-state index in [1.807, 2.05) is 31.2 Å². The second kappa shape index (κ2) is 3.86. The largest absolute Gasteiger partial charge is 0.458 e. The molecular weight excluding hydrogens is 236 g/mol. The summed E-state index contributed by atoms with van der Waals surface area (Å²) in [5.74, 6) is 0.957. The third-order valence-electron chi connectivity index (χ3n) is 4.59. The van der Waals surface area contributed by atoms with Crippen molar-refractivity contribution in [2.24, 2.45) is 11.3 Å². The first-order valence-corrected chi connectivity index (χ1v) is 7.04. The van der Waals surface area contributed by atoms with Gasteiger partial charge < -0.3 is 9.52 Å². The van der Waals surface area contributed by atoms with Gasteiger partial charge in [-0.3, -0.25) is 0 Å². The minimum atomic E-state index is -0.824. The maximum absolute atomic E-state index is 11.1. The number of hydrogen-bond acceptors (Lipinski definition) is 2. The maximum Gasteiger partial charge on any atom is 0.137 e. The van der Waals surface area contributed by atoms with Crippen LogP contribution in [0.2, 0.25) is 0 Å². The Hall–Kier alpha value is -1.28. The molecule has 0 aliphatic heterocycles. The van der Waals surface area contributed by atoms with Crippen LogP contribution in [0, 0.1) is 18.3 Å². The summed E-state index contributed by atoms with van der Waals surface area (Å²) in [6.45, 7) is 8.60. The molecule has 2 heteroatoms. The predicted octanol–water partition coefficient (Wildman–Crippen LogP) is 4.38. The summed E-state index contributed by atoms with van der Waals surface area (Å²) in [7, 11) is 0. The minimum Gasteiger partial charge on any atom is -0.458 e. The third-order valence-corrected chi connectivity index (χ3v) is 4.59. The molecule has 1 heterocycles. The Labute approximate surface area is 114 Å². The second-order valence-corrected chi connectivity index (χ2v) is 6.97. The number of aryl methyl sites for hydroxylation is 1. The number of furan rings is 1. The summed E-state index contributed by atoms with van der Waals surface area (Å²) < 4.78 is 6.00. The van der Waals surface area contributed by atoms with Crippen LogP contribution >= 0.6 is 0 Å². The first-order valence-electron chi connectivity index (χ1n) is 7.04. The van der Waals surface area contributed by atoms with Crippen LogP contribution in [0.4, 0.5) is 0 Å². The molecule has 19 heavy (non-hydrogen) atoms. The molecule has 1 aliphatic rings. The van der Waals surface area contributed by atoms with E-state index < -0.39 is 5.60 Å². The highest BCUT2D eigenvalue weighted by molar-refractivity contribution is 5.81. The molecular formula is C17H22O2. The lowest BCUT2D eigenvalue weighted by Gasteiger charge is -2.26. The van der Waals surface area contributed by atoms with E-state index in [0.29, 0.717) is 0 Å². The van der Waals surface area contributed by atoms with Crippen molar-refractivity contribution in [3.8, 4) is 0 Å². The topological polar surface area (TPSA) is 33.4 Å². The van der Waals surface area contributed by atoms with Crippen molar-refractivity contribution in [2.75, 3.05) is 0 Å². The fourth-order valence-corrected chi connectivity index (χ4v) is 3.73. The van der Waals surface area contributed by atoms with E-state index in [0.717, 1.165) is 35.1 Å². The Morgan fingerprint density at radius 1 is 1.32 bits per heavy atom. The van der Waals surface area contributed by atoms with Gasteiger partial charge in [0.1, 0.15) is 16.9 Å². The molecule has 1 aromatic carbocycles. The SMILES string of the molecule is Cc1cccc2cc(C3(O)CC(C)(C)CC3C)oc12. The van der Waals surface area contributed by atoms with Crippen LogP contribution < -0.4 is 0 Å². The second-order valence-electron chi connectivity index (χ2n) is 6.97. The lowest BCUT2D eigenvalue weighted by atomic mass is 9.87. The highest BCUT2D eigenvalue weighted by Crippen LogP contribution is 2.53. The molecule has 1 saturated carbocycles. The summed E-state index contributed by atoms with van der Waals surface area (Å²) in [6.07, 6.45) is 1.79. The molecule has 1 aliphatic carbocycles. The Balaban J connectivity index is 2.12. The lowest BCUT2D eigenvalue weighted by molar-refractivity contribution is -0.0194. The molecule has 2 atom stereocenters. The third kappa shape index (κ3) is 1.90. The molecule has 3 rings (SSSR count). The number of rotatable bonds is 1. The smallest absolute Gasteiger partial charge is 0.137 e. The molecule has 1 fully saturated rings. The van der Waals surface area contributed by atoms with Crippen molar-refractivity contribution in [1.29, 1.82) is 0 Å². The molecule has 2 nitrogen and oxygen atoms in total. The summed E-state index contributed by atoms with van der Waals surface area (Å²) >= 11 is 0. The van der Waals surface area contributed by atoms with Gasteiger partial charge in [-0.05, 0) is 42.7 Å². The summed E-state index contributed by atoms with van der Waals surface area (Å²) in [4.78, 5) is 0. The maximum atomic E-state index is 11.1. The average molecular weight is 258 g/mol.